The van der Waals surface area contributed by atoms with E-state index in [9.17, 15) is 0 Å². The van der Waals surface area contributed by atoms with Gasteiger partial charge in [-0.05, 0) is 69.6 Å². The number of para-hydroxylation sites is 2. The van der Waals surface area contributed by atoms with Crippen LogP contribution in [0.5, 0.6) is 0 Å². The van der Waals surface area contributed by atoms with Gasteiger partial charge in [-0.2, -0.15) is 0 Å². The lowest BCUT2D eigenvalue weighted by atomic mass is 9.95. The van der Waals surface area contributed by atoms with Crippen LogP contribution in [0.1, 0.15) is 0 Å². The van der Waals surface area contributed by atoms with Crippen LogP contribution in [0.3, 0.4) is 0 Å². The normalized spacial score (nSPS) is 11.6. The molecule has 0 amide bonds. The third kappa shape index (κ3) is 5.13. The van der Waals surface area contributed by atoms with Gasteiger partial charge in [-0.25, -0.2) is 0 Å². The van der Waals surface area contributed by atoms with Crippen molar-refractivity contribution in [1.82, 2.24) is 0 Å². The quantitative estimate of drug-likeness (QED) is 0.173. The second-order valence-corrected chi connectivity index (χ2v) is 14.0. The Morgan fingerprint density at radius 1 is 0.327 bits per heavy atom. The van der Waals surface area contributed by atoms with Crippen LogP contribution in [0.15, 0.2) is 209 Å². The molecule has 0 aliphatic carbocycles. The highest BCUT2D eigenvalue weighted by Gasteiger charge is 2.25. The van der Waals surface area contributed by atoms with Crippen LogP contribution < -0.4 is 4.90 Å². The van der Waals surface area contributed by atoms with Gasteiger partial charge in [-0.3, -0.25) is 0 Å². The van der Waals surface area contributed by atoms with Crippen LogP contribution in [0.2, 0.25) is 0 Å². The highest BCUT2D eigenvalue weighted by Crippen LogP contribution is 2.49. The van der Waals surface area contributed by atoms with Gasteiger partial charge >= 0.3 is 0 Å². The fraction of sp³-hybridized carbons (Fsp3) is 0. The topological polar surface area (TPSA) is 29.5 Å². The Bertz CT molecular complexity index is 3170. The molecule has 9 aromatic carbocycles. The van der Waals surface area contributed by atoms with Gasteiger partial charge in [0.15, 0.2) is 5.58 Å². The highest BCUT2D eigenvalue weighted by atomic mass is 16.3. The average molecular weight is 704 g/mol. The monoisotopic (exact) mass is 703 g/mol. The van der Waals surface area contributed by atoms with Gasteiger partial charge in [-0.15, -0.1) is 0 Å². The Morgan fingerprint density at radius 2 is 0.873 bits per heavy atom. The van der Waals surface area contributed by atoms with Crippen molar-refractivity contribution >= 4 is 71.7 Å². The molecule has 258 valence electrons. The molecule has 11 aromatic rings. The van der Waals surface area contributed by atoms with E-state index in [2.05, 4.69) is 193 Å². The molecule has 0 atom stereocenters. The van der Waals surface area contributed by atoms with Crippen molar-refractivity contribution in [2.45, 2.75) is 0 Å². The average Bonchev–Trinajstić information content (AvgIpc) is 3.82. The minimum atomic E-state index is 0.816. The number of nitrogens with zero attached hydrogens (tertiary/aromatic N) is 1. The maximum atomic E-state index is 7.26. The van der Waals surface area contributed by atoms with Crippen LogP contribution in [0.4, 0.5) is 17.1 Å². The maximum Gasteiger partial charge on any atom is 0.159 e. The third-order valence-corrected chi connectivity index (χ3v) is 10.9. The van der Waals surface area contributed by atoms with E-state index in [0.29, 0.717) is 0 Å². The summed E-state index contributed by atoms with van der Waals surface area (Å²) in [5.74, 6) is 0. The summed E-state index contributed by atoms with van der Waals surface area (Å²) in [7, 11) is 0. The number of fused-ring (bicyclic) bond motifs is 7. The fourth-order valence-electron chi connectivity index (χ4n) is 8.28. The Labute approximate surface area is 317 Å². The summed E-state index contributed by atoms with van der Waals surface area (Å²) in [5, 5.41) is 6.51. The molecule has 0 unspecified atom stereocenters. The lowest BCUT2D eigenvalue weighted by Gasteiger charge is -2.27. The number of rotatable bonds is 6. The Balaban J connectivity index is 1.18. The van der Waals surface area contributed by atoms with E-state index in [4.69, 9.17) is 8.83 Å². The molecular formula is C52H33NO2. The van der Waals surface area contributed by atoms with E-state index in [1.165, 1.54) is 27.6 Å². The second kappa shape index (κ2) is 12.6. The van der Waals surface area contributed by atoms with Gasteiger partial charge in [-0.1, -0.05) is 164 Å². The Hall–Kier alpha value is -7.36. The van der Waals surface area contributed by atoms with Crippen molar-refractivity contribution in [3.8, 4) is 33.4 Å². The van der Waals surface area contributed by atoms with Crippen LogP contribution >= 0.6 is 0 Å². The number of benzene rings is 9. The molecule has 0 aliphatic rings. The lowest BCUT2D eigenvalue weighted by molar-refractivity contribution is 0.665. The predicted molar refractivity (Wildman–Crippen MR) is 229 cm³/mol. The molecule has 0 aliphatic heterocycles. The summed E-state index contributed by atoms with van der Waals surface area (Å²) in [6.07, 6.45) is 0. The molecule has 0 bridgehead atoms. The SMILES string of the molecule is c1ccc(-c2ccc(-c3c4oc5c(N(c6ccc(-c7ccccc7)cc6)c6cccc7ccccc67)cccc5c4cc4oc5ccccc5c34)cc2)cc1. The van der Waals surface area contributed by atoms with E-state index in [-0.39, 0.29) is 0 Å². The first-order valence-corrected chi connectivity index (χ1v) is 18.7. The van der Waals surface area contributed by atoms with Crippen molar-refractivity contribution in [3.63, 3.8) is 0 Å². The van der Waals surface area contributed by atoms with Gasteiger partial charge in [0.1, 0.15) is 16.7 Å². The molecular weight excluding hydrogens is 671 g/mol. The number of hydrogen-bond acceptors (Lipinski definition) is 3. The molecule has 0 saturated heterocycles. The molecule has 3 nitrogen and oxygen atoms in total. The summed E-state index contributed by atoms with van der Waals surface area (Å²) in [4.78, 5) is 2.34. The van der Waals surface area contributed by atoms with Crippen molar-refractivity contribution in [1.29, 1.82) is 0 Å². The molecule has 0 radical (unpaired) electrons. The fourth-order valence-corrected chi connectivity index (χ4v) is 8.28. The van der Waals surface area contributed by atoms with Gasteiger partial charge < -0.3 is 13.7 Å². The minimum absolute atomic E-state index is 0.816. The van der Waals surface area contributed by atoms with Crippen LogP contribution in [0.25, 0.3) is 88.0 Å². The van der Waals surface area contributed by atoms with Crippen molar-refractivity contribution in [2.75, 3.05) is 4.90 Å². The van der Waals surface area contributed by atoms with E-state index >= 15 is 0 Å². The molecule has 55 heavy (non-hydrogen) atoms. The van der Waals surface area contributed by atoms with Gasteiger partial charge in [0, 0.05) is 38.2 Å². The standard InChI is InChI=1S/C52H33NO2/c1-3-13-34(14-4-1)36-25-27-39(28-26-36)49-50-43-20-9-10-24-47(43)54-48(50)33-44-42-21-12-23-46(51(42)55-52(44)49)53(45-22-11-18-38-17-7-8-19-41(38)45)40-31-29-37(30-32-40)35-15-5-2-6-16-35/h1-33H. The first kappa shape index (κ1) is 31.2. The zero-order chi connectivity index (χ0) is 36.3. The molecule has 2 heterocycles. The predicted octanol–water partition coefficient (Wildman–Crippen LogP) is 15.1. The zero-order valence-electron chi connectivity index (χ0n) is 29.8. The van der Waals surface area contributed by atoms with Crippen LogP contribution in [0, 0.1) is 0 Å². The summed E-state index contributed by atoms with van der Waals surface area (Å²) < 4.78 is 13.9. The van der Waals surface area contributed by atoms with Crippen molar-refractivity contribution in [3.05, 3.63) is 200 Å². The molecule has 11 rings (SSSR count). The van der Waals surface area contributed by atoms with Crippen LogP contribution in [-0.2, 0) is 0 Å². The molecule has 0 fully saturated rings. The molecule has 3 heteroatoms. The van der Waals surface area contributed by atoms with Gasteiger partial charge in [0.25, 0.3) is 0 Å². The van der Waals surface area contributed by atoms with E-state index < -0.39 is 0 Å². The largest absolute Gasteiger partial charge is 0.456 e. The number of anilines is 3. The summed E-state index contributed by atoms with van der Waals surface area (Å²) in [6.45, 7) is 0. The first-order chi connectivity index (χ1) is 27.3. The van der Waals surface area contributed by atoms with E-state index in [1.54, 1.807) is 0 Å². The summed E-state index contributed by atoms with van der Waals surface area (Å²) >= 11 is 0. The lowest BCUT2D eigenvalue weighted by Crippen LogP contribution is -2.10. The molecule has 0 saturated carbocycles. The Kier molecular flexibility index (Phi) is 7.17. The minimum Gasteiger partial charge on any atom is -0.456 e. The van der Waals surface area contributed by atoms with Crippen molar-refractivity contribution < 1.29 is 8.83 Å². The molecule has 0 spiro atoms. The highest BCUT2D eigenvalue weighted by molar-refractivity contribution is 6.24. The van der Waals surface area contributed by atoms with Gasteiger partial charge in [0.2, 0.25) is 0 Å². The smallest absolute Gasteiger partial charge is 0.159 e. The van der Waals surface area contributed by atoms with Crippen molar-refractivity contribution in [2.24, 2.45) is 0 Å². The zero-order valence-corrected chi connectivity index (χ0v) is 29.8. The first-order valence-electron chi connectivity index (χ1n) is 18.7. The number of hydrogen-bond donors (Lipinski definition) is 0. The Morgan fingerprint density at radius 3 is 1.62 bits per heavy atom. The van der Waals surface area contributed by atoms with Crippen LogP contribution in [-0.4, -0.2) is 0 Å². The number of furan rings is 2. The second-order valence-electron chi connectivity index (χ2n) is 14.0. The van der Waals surface area contributed by atoms with E-state index in [0.717, 1.165) is 77.5 Å². The summed E-state index contributed by atoms with van der Waals surface area (Å²) in [5.41, 5.74) is 13.2. The molecule has 0 N–H and O–H groups in total. The summed E-state index contributed by atoms with van der Waals surface area (Å²) in [6, 6.07) is 70.7. The third-order valence-electron chi connectivity index (χ3n) is 10.9. The maximum absolute atomic E-state index is 7.26. The molecule has 2 aromatic heterocycles. The van der Waals surface area contributed by atoms with Gasteiger partial charge in [0.05, 0.1) is 11.4 Å². The van der Waals surface area contributed by atoms with E-state index in [1.807, 2.05) is 12.1 Å².